The van der Waals surface area contributed by atoms with Crippen molar-refractivity contribution in [2.24, 2.45) is 5.92 Å². The minimum absolute atomic E-state index is 0.00597. The summed E-state index contributed by atoms with van der Waals surface area (Å²) in [6.07, 6.45) is 4.92. The second-order valence-corrected chi connectivity index (χ2v) is 6.23. The summed E-state index contributed by atoms with van der Waals surface area (Å²) < 4.78 is 4.82. The molecule has 1 aliphatic rings. The highest BCUT2D eigenvalue weighted by molar-refractivity contribution is 5.99. The number of amides is 1. The standard InChI is InChI=1S/C18H21N3O3/c1-24-18(23)12-3-2-4-15(8-12)21-17(22)11-5-6-13-10-20-16(19)9-14(13)7-11/h5-7,9-10,12,15H,2-4,8H2,1H3,(H2,19,20)(H,21,22). The number of hydrogen-bond acceptors (Lipinski definition) is 5. The number of aromatic nitrogens is 1. The van der Waals surface area contributed by atoms with Crippen LogP contribution < -0.4 is 11.1 Å². The normalized spacial score (nSPS) is 20.5. The number of carbonyl (C=O) groups excluding carboxylic acids is 2. The van der Waals surface area contributed by atoms with Gasteiger partial charge >= 0.3 is 5.97 Å². The molecule has 1 aromatic carbocycles. The highest BCUT2D eigenvalue weighted by atomic mass is 16.5. The monoisotopic (exact) mass is 327 g/mol. The summed E-state index contributed by atoms with van der Waals surface area (Å²) in [4.78, 5) is 28.2. The molecule has 1 aliphatic carbocycles. The molecule has 1 amide bonds. The Morgan fingerprint density at radius 1 is 1.25 bits per heavy atom. The van der Waals surface area contributed by atoms with Crippen molar-refractivity contribution in [2.45, 2.75) is 31.7 Å². The number of rotatable bonds is 3. The molecule has 3 rings (SSSR count). The van der Waals surface area contributed by atoms with Crippen molar-refractivity contribution in [2.75, 3.05) is 12.8 Å². The van der Waals surface area contributed by atoms with Crippen molar-refractivity contribution < 1.29 is 14.3 Å². The van der Waals surface area contributed by atoms with Gasteiger partial charge in [-0.05, 0) is 42.8 Å². The third-order valence-corrected chi connectivity index (χ3v) is 4.55. The Labute approximate surface area is 140 Å². The Bertz CT molecular complexity index is 775. The Hall–Kier alpha value is -2.63. The molecule has 1 heterocycles. The maximum atomic E-state index is 12.5. The number of carbonyl (C=O) groups is 2. The van der Waals surface area contributed by atoms with E-state index in [2.05, 4.69) is 10.3 Å². The third-order valence-electron chi connectivity index (χ3n) is 4.55. The molecule has 0 aliphatic heterocycles. The van der Waals surface area contributed by atoms with E-state index in [0.717, 1.165) is 30.0 Å². The molecule has 6 nitrogen and oxygen atoms in total. The van der Waals surface area contributed by atoms with E-state index in [4.69, 9.17) is 10.5 Å². The molecule has 2 aromatic rings. The fourth-order valence-corrected chi connectivity index (χ4v) is 3.27. The van der Waals surface area contributed by atoms with Gasteiger partial charge in [0.1, 0.15) is 5.82 Å². The number of nitrogens with one attached hydrogen (secondary N) is 1. The zero-order valence-corrected chi connectivity index (χ0v) is 13.6. The fraction of sp³-hybridized carbons (Fsp3) is 0.389. The predicted octanol–water partition coefficient (Wildman–Crippen LogP) is 2.28. The number of esters is 1. The first kappa shape index (κ1) is 16.2. The lowest BCUT2D eigenvalue weighted by molar-refractivity contribution is -0.146. The molecular formula is C18H21N3O3. The summed E-state index contributed by atoms with van der Waals surface area (Å²) in [7, 11) is 1.40. The van der Waals surface area contributed by atoms with Crippen molar-refractivity contribution in [3.8, 4) is 0 Å². The summed E-state index contributed by atoms with van der Waals surface area (Å²) in [6.45, 7) is 0. The number of anilines is 1. The first-order valence-electron chi connectivity index (χ1n) is 8.11. The van der Waals surface area contributed by atoms with Gasteiger partial charge in [-0.15, -0.1) is 0 Å². The lowest BCUT2D eigenvalue weighted by atomic mass is 9.85. The van der Waals surface area contributed by atoms with Crippen LogP contribution in [0, 0.1) is 5.92 Å². The van der Waals surface area contributed by atoms with E-state index in [1.807, 2.05) is 12.1 Å². The molecule has 1 saturated carbocycles. The summed E-state index contributed by atoms with van der Waals surface area (Å²) >= 11 is 0. The number of pyridine rings is 1. The smallest absolute Gasteiger partial charge is 0.308 e. The summed E-state index contributed by atoms with van der Waals surface area (Å²) in [6, 6.07) is 7.18. The number of hydrogen-bond donors (Lipinski definition) is 2. The van der Waals surface area contributed by atoms with Gasteiger partial charge < -0.3 is 15.8 Å². The third kappa shape index (κ3) is 3.48. The molecule has 0 bridgehead atoms. The molecule has 0 radical (unpaired) electrons. The second-order valence-electron chi connectivity index (χ2n) is 6.23. The van der Waals surface area contributed by atoms with Crippen molar-refractivity contribution in [1.29, 1.82) is 0 Å². The molecule has 2 atom stereocenters. The second kappa shape index (κ2) is 6.86. The molecule has 0 spiro atoms. The van der Waals surface area contributed by atoms with Gasteiger partial charge in [0.15, 0.2) is 0 Å². The molecule has 2 unspecified atom stereocenters. The topological polar surface area (TPSA) is 94.3 Å². The van der Waals surface area contributed by atoms with Crippen LogP contribution in [-0.2, 0) is 9.53 Å². The van der Waals surface area contributed by atoms with Crippen molar-refractivity contribution in [3.63, 3.8) is 0 Å². The lowest BCUT2D eigenvalue weighted by Gasteiger charge is -2.28. The fourth-order valence-electron chi connectivity index (χ4n) is 3.27. The molecule has 1 aromatic heterocycles. The summed E-state index contributed by atoms with van der Waals surface area (Å²) in [5.74, 6) is -0.0322. The number of fused-ring (bicyclic) bond motifs is 1. The van der Waals surface area contributed by atoms with Gasteiger partial charge in [-0.3, -0.25) is 9.59 Å². The largest absolute Gasteiger partial charge is 0.469 e. The molecule has 6 heteroatoms. The van der Waals surface area contributed by atoms with E-state index in [-0.39, 0.29) is 23.8 Å². The van der Waals surface area contributed by atoms with Crippen LogP contribution >= 0.6 is 0 Å². The Morgan fingerprint density at radius 2 is 2.08 bits per heavy atom. The van der Waals surface area contributed by atoms with Crippen molar-refractivity contribution in [1.82, 2.24) is 10.3 Å². The minimum atomic E-state index is -0.192. The minimum Gasteiger partial charge on any atom is -0.469 e. The van der Waals surface area contributed by atoms with Crippen LogP contribution in [0.3, 0.4) is 0 Å². The van der Waals surface area contributed by atoms with Gasteiger partial charge in [0.2, 0.25) is 0 Å². The summed E-state index contributed by atoms with van der Waals surface area (Å²) in [5.41, 5.74) is 6.28. The van der Waals surface area contributed by atoms with Crippen LogP contribution in [0.1, 0.15) is 36.0 Å². The molecule has 3 N–H and O–H groups in total. The molecule has 1 fully saturated rings. The number of nitrogens with two attached hydrogens (primary N) is 1. The Balaban J connectivity index is 1.71. The van der Waals surface area contributed by atoms with Gasteiger partial charge in [0.25, 0.3) is 5.91 Å². The lowest BCUT2D eigenvalue weighted by Crippen LogP contribution is -2.40. The average Bonchev–Trinajstić information content (AvgIpc) is 2.60. The number of benzene rings is 1. The number of nitrogen functional groups attached to an aromatic ring is 1. The molecular weight excluding hydrogens is 306 g/mol. The van der Waals surface area contributed by atoms with Gasteiger partial charge in [0.05, 0.1) is 13.0 Å². The zero-order valence-electron chi connectivity index (χ0n) is 13.6. The van der Waals surface area contributed by atoms with E-state index in [0.29, 0.717) is 17.8 Å². The first-order chi connectivity index (χ1) is 11.6. The highest BCUT2D eigenvalue weighted by Crippen LogP contribution is 2.26. The van der Waals surface area contributed by atoms with Crippen LogP contribution in [0.2, 0.25) is 0 Å². The zero-order chi connectivity index (χ0) is 17.1. The van der Waals surface area contributed by atoms with E-state index in [1.165, 1.54) is 7.11 Å². The van der Waals surface area contributed by atoms with Gasteiger partial charge in [-0.2, -0.15) is 0 Å². The van der Waals surface area contributed by atoms with Gasteiger partial charge in [-0.1, -0.05) is 12.5 Å². The molecule has 0 saturated heterocycles. The van der Waals surface area contributed by atoms with Gasteiger partial charge in [0, 0.05) is 23.2 Å². The maximum Gasteiger partial charge on any atom is 0.308 e. The average molecular weight is 327 g/mol. The number of ether oxygens (including phenoxy) is 1. The van der Waals surface area contributed by atoms with Crippen LogP contribution in [-0.4, -0.2) is 30.0 Å². The Morgan fingerprint density at radius 3 is 2.88 bits per heavy atom. The molecule has 24 heavy (non-hydrogen) atoms. The SMILES string of the molecule is COC(=O)C1CCCC(NC(=O)c2ccc3cnc(N)cc3c2)C1. The van der Waals surface area contributed by atoms with E-state index in [1.54, 1.807) is 18.3 Å². The summed E-state index contributed by atoms with van der Waals surface area (Å²) in [5, 5.41) is 4.85. The number of nitrogens with zero attached hydrogens (tertiary/aromatic N) is 1. The van der Waals surface area contributed by atoms with Crippen LogP contribution in [0.25, 0.3) is 10.8 Å². The van der Waals surface area contributed by atoms with Crippen LogP contribution in [0.15, 0.2) is 30.5 Å². The van der Waals surface area contributed by atoms with Crippen molar-refractivity contribution in [3.05, 3.63) is 36.0 Å². The first-order valence-corrected chi connectivity index (χ1v) is 8.11. The molecule has 126 valence electrons. The number of methoxy groups -OCH3 is 1. The van der Waals surface area contributed by atoms with Gasteiger partial charge in [-0.25, -0.2) is 4.98 Å². The van der Waals surface area contributed by atoms with E-state index in [9.17, 15) is 9.59 Å². The Kier molecular flexibility index (Phi) is 4.64. The predicted molar refractivity (Wildman–Crippen MR) is 91.4 cm³/mol. The van der Waals surface area contributed by atoms with Crippen LogP contribution in [0.5, 0.6) is 0 Å². The van der Waals surface area contributed by atoms with Crippen molar-refractivity contribution >= 4 is 28.5 Å². The van der Waals surface area contributed by atoms with Crippen LogP contribution in [0.4, 0.5) is 5.82 Å². The maximum absolute atomic E-state index is 12.5. The van der Waals surface area contributed by atoms with E-state index < -0.39 is 0 Å². The quantitative estimate of drug-likeness (QED) is 0.843. The van der Waals surface area contributed by atoms with E-state index >= 15 is 0 Å². The highest BCUT2D eigenvalue weighted by Gasteiger charge is 2.28.